The van der Waals surface area contributed by atoms with Gasteiger partial charge >= 0.3 is 0 Å². The number of anilines is 1. The van der Waals surface area contributed by atoms with Crippen molar-refractivity contribution >= 4 is 5.69 Å². The summed E-state index contributed by atoms with van der Waals surface area (Å²) in [6, 6.07) is 6.78. The van der Waals surface area contributed by atoms with Gasteiger partial charge in [-0.3, -0.25) is 0 Å². The Hall–Kier alpha value is -1.06. The van der Waals surface area contributed by atoms with Crippen LogP contribution in [0.25, 0.3) is 0 Å². The van der Waals surface area contributed by atoms with Gasteiger partial charge in [0, 0.05) is 32.4 Å². The summed E-state index contributed by atoms with van der Waals surface area (Å²) < 4.78 is 5.60. The van der Waals surface area contributed by atoms with Gasteiger partial charge in [-0.25, -0.2) is 0 Å². The van der Waals surface area contributed by atoms with E-state index in [1.54, 1.807) is 0 Å². The SMILES string of the molecule is CNCc1ccc(N2CCC(C)C(OC)C2)cc1C. The maximum absolute atomic E-state index is 5.60. The van der Waals surface area contributed by atoms with Gasteiger partial charge < -0.3 is 15.0 Å². The predicted octanol–water partition coefficient (Wildman–Crippen LogP) is 2.58. The van der Waals surface area contributed by atoms with Gasteiger partial charge in [-0.1, -0.05) is 13.0 Å². The Balaban J connectivity index is 2.11. The summed E-state index contributed by atoms with van der Waals surface area (Å²) in [5, 5.41) is 3.21. The minimum atomic E-state index is 0.353. The molecule has 2 unspecified atom stereocenters. The molecule has 1 aromatic carbocycles. The molecule has 1 aromatic rings. The number of piperidine rings is 1. The smallest absolute Gasteiger partial charge is 0.0772 e. The first-order valence-corrected chi connectivity index (χ1v) is 7.17. The fraction of sp³-hybridized carbons (Fsp3) is 0.625. The number of ether oxygens (including phenoxy) is 1. The van der Waals surface area contributed by atoms with Gasteiger partial charge in [-0.2, -0.15) is 0 Å². The molecule has 2 rings (SSSR count). The molecule has 3 heteroatoms. The monoisotopic (exact) mass is 262 g/mol. The highest BCUT2D eigenvalue weighted by molar-refractivity contribution is 5.51. The first kappa shape index (κ1) is 14.4. The predicted molar refractivity (Wildman–Crippen MR) is 80.7 cm³/mol. The second kappa shape index (κ2) is 6.40. The Labute approximate surface area is 116 Å². The van der Waals surface area contributed by atoms with E-state index in [-0.39, 0.29) is 0 Å². The van der Waals surface area contributed by atoms with Crippen molar-refractivity contribution in [3.8, 4) is 0 Å². The molecule has 1 N–H and O–H groups in total. The third kappa shape index (κ3) is 3.28. The van der Waals surface area contributed by atoms with E-state index in [9.17, 15) is 0 Å². The molecule has 0 spiro atoms. The van der Waals surface area contributed by atoms with Crippen molar-refractivity contribution in [1.82, 2.24) is 5.32 Å². The molecule has 2 atom stereocenters. The Kier molecular flexibility index (Phi) is 4.83. The highest BCUT2D eigenvalue weighted by Gasteiger charge is 2.26. The quantitative estimate of drug-likeness (QED) is 0.902. The van der Waals surface area contributed by atoms with Crippen molar-refractivity contribution in [3.05, 3.63) is 29.3 Å². The molecule has 1 heterocycles. The molecule has 0 bridgehead atoms. The average Bonchev–Trinajstić information content (AvgIpc) is 2.42. The van der Waals surface area contributed by atoms with Crippen molar-refractivity contribution in [3.63, 3.8) is 0 Å². The van der Waals surface area contributed by atoms with Crippen LogP contribution in [-0.2, 0) is 11.3 Å². The van der Waals surface area contributed by atoms with E-state index < -0.39 is 0 Å². The summed E-state index contributed by atoms with van der Waals surface area (Å²) in [6.45, 7) is 7.54. The van der Waals surface area contributed by atoms with E-state index in [1.807, 2.05) is 14.2 Å². The number of nitrogens with one attached hydrogen (secondary N) is 1. The van der Waals surface area contributed by atoms with Crippen LogP contribution < -0.4 is 10.2 Å². The van der Waals surface area contributed by atoms with Crippen molar-refractivity contribution in [1.29, 1.82) is 0 Å². The summed E-state index contributed by atoms with van der Waals surface area (Å²) >= 11 is 0. The van der Waals surface area contributed by atoms with Crippen LogP contribution >= 0.6 is 0 Å². The number of hydrogen-bond acceptors (Lipinski definition) is 3. The molecule has 0 amide bonds. The summed E-state index contributed by atoms with van der Waals surface area (Å²) in [7, 11) is 3.81. The van der Waals surface area contributed by atoms with Crippen molar-refractivity contribution in [2.24, 2.45) is 5.92 Å². The molecule has 19 heavy (non-hydrogen) atoms. The third-order valence-corrected chi connectivity index (χ3v) is 4.25. The lowest BCUT2D eigenvalue weighted by molar-refractivity contribution is 0.0498. The molecule has 0 aromatic heterocycles. The lowest BCUT2D eigenvalue weighted by atomic mass is 9.95. The van der Waals surface area contributed by atoms with E-state index in [2.05, 4.69) is 42.3 Å². The lowest BCUT2D eigenvalue weighted by Crippen LogP contribution is -2.43. The largest absolute Gasteiger partial charge is 0.379 e. The van der Waals surface area contributed by atoms with E-state index in [1.165, 1.54) is 23.2 Å². The Morgan fingerprint density at radius 3 is 2.84 bits per heavy atom. The van der Waals surface area contributed by atoms with Gasteiger partial charge in [0.1, 0.15) is 0 Å². The topological polar surface area (TPSA) is 24.5 Å². The number of nitrogens with zero attached hydrogens (tertiary/aromatic N) is 1. The molecular formula is C16H26N2O. The highest BCUT2D eigenvalue weighted by atomic mass is 16.5. The van der Waals surface area contributed by atoms with Crippen molar-refractivity contribution < 1.29 is 4.74 Å². The Morgan fingerprint density at radius 2 is 2.21 bits per heavy atom. The molecule has 0 radical (unpaired) electrons. The van der Waals surface area contributed by atoms with E-state index in [4.69, 9.17) is 4.74 Å². The summed E-state index contributed by atoms with van der Waals surface area (Å²) in [5.74, 6) is 0.658. The molecule has 0 saturated carbocycles. The van der Waals surface area contributed by atoms with Crippen LogP contribution in [0, 0.1) is 12.8 Å². The van der Waals surface area contributed by atoms with Gasteiger partial charge in [-0.05, 0) is 49.6 Å². The Bertz CT molecular complexity index is 419. The number of benzene rings is 1. The molecule has 0 aliphatic carbocycles. The maximum Gasteiger partial charge on any atom is 0.0772 e. The third-order valence-electron chi connectivity index (χ3n) is 4.25. The first-order valence-electron chi connectivity index (χ1n) is 7.17. The second-order valence-electron chi connectivity index (χ2n) is 5.63. The van der Waals surface area contributed by atoms with Crippen LogP contribution in [0.2, 0.25) is 0 Å². The van der Waals surface area contributed by atoms with Crippen LogP contribution in [0.1, 0.15) is 24.5 Å². The standard InChI is InChI=1S/C16H26N2O/c1-12-7-8-18(11-16(12)19-4)15-6-5-14(10-17-3)13(2)9-15/h5-6,9,12,16-17H,7-8,10-11H2,1-4H3. The average molecular weight is 262 g/mol. The molecule has 106 valence electrons. The highest BCUT2D eigenvalue weighted by Crippen LogP contribution is 2.26. The molecular weight excluding hydrogens is 236 g/mol. The molecule has 1 fully saturated rings. The maximum atomic E-state index is 5.60. The van der Waals surface area contributed by atoms with Crippen LogP contribution in [0.15, 0.2) is 18.2 Å². The van der Waals surface area contributed by atoms with Crippen molar-refractivity contribution in [2.75, 3.05) is 32.1 Å². The van der Waals surface area contributed by atoms with Crippen LogP contribution in [0.3, 0.4) is 0 Å². The van der Waals surface area contributed by atoms with Crippen LogP contribution in [-0.4, -0.2) is 33.4 Å². The summed E-state index contributed by atoms with van der Waals surface area (Å²) in [5.41, 5.74) is 4.06. The van der Waals surface area contributed by atoms with Gasteiger partial charge in [0.05, 0.1) is 6.10 Å². The minimum Gasteiger partial charge on any atom is -0.379 e. The zero-order valence-corrected chi connectivity index (χ0v) is 12.6. The number of rotatable bonds is 4. The summed E-state index contributed by atoms with van der Waals surface area (Å²) in [6.07, 6.45) is 1.56. The summed E-state index contributed by atoms with van der Waals surface area (Å²) in [4.78, 5) is 2.45. The van der Waals surface area contributed by atoms with Crippen LogP contribution in [0.4, 0.5) is 5.69 Å². The second-order valence-corrected chi connectivity index (χ2v) is 5.63. The van der Waals surface area contributed by atoms with Gasteiger partial charge in [0.2, 0.25) is 0 Å². The fourth-order valence-corrected chi connectivity index (χ4v) is 2.84. The molecule has 3 nitrogen and oxygen atoms in total. The Morgan fingerprint density at radius 1 is 1.42 bits per heavy atom. The van der Waals surface area contributed by atoms with E-state index in [0.717, 1.165) is 19.6 Å². The number of methoxy groups -OCH3 is 1. The molecule has 1 aliphatic rings. The minimum absolute atomic E-state index is 0.353. The normalized spacial score (nSPS) is 23.7. The van der Waals surface area contributed by atoms with Crippen molar-refractivity contribution in [2.45, 2.75) is 32.9 Å². The van der Waals surface area contributed by atoms with Gasteiger partial charge in [-0.15, -0.1) is 0 Å². The van der Waals surface area contributed by atoms with Gasteiger partial charge in [0.25, 0.3) is 0 Å². The number of hydrogen-bond donors (Lipinski definition) is 1. The fourth-order valence-electron chi connectivity index (χ4n) is 2.84. The molecule has 1 aliphatic heterocycles. The zero-order valence-electron chi connectivity index (χ0n) is 12.6. The molecule has 1 saturated heterocycles. The van der Waals surface area contributed by atoms with Crippen LogP contribution in [0.5, 0.6) is 0 Å². The number of aryl methyl sites for hydroxylation is 1. The zero-order chi connectivity index (χ0) is 13.8. The first-order chi connectivity index (χ1) is 9.15. The van der Waals surface area contributed by atoms with E-state index >= 15 is 0 Å². The lowest BCUT2D eigenvalue weighted by Gasteiger charge is -2.37. The van der Waals surface area contributed by atoms with E-state index in [0.29, 0.717) is 12.0 Å². The van der Waals surface area contributed by atoms with Gasteiger partial charge in [0.15, 0.2) is 0 Å².